The molecule has 0 spiro atoms. The third-order valence-electron chi connectivity index (χ3n) is 2.16. The number of halogens is 2. The Morgan fingerprint density at radius 3 is 2.81 bits per heavy atom. The molecule has 0 aliphatic carbocycles. The van der Waals surface area contributed by atoms with Crippen molar-refractivity contribution in [1.82, 2.24) is 4.98 Å². The van der Waals surface area contributed by atoms with Crippen molar-refractivity contribution in [2.45, 2.75) is 0 Å². The summed E-state index contributed by atoms with van der Waals surface area (Å²) in [6.45, 7) is 0. The van der Waals surface area contributed by atoms with Crippen LogP contribution in [0.1, 0.15) is 10.4 Å². The highest BCUT2D eigenvalue weighted by Gasteiger charge is 2.16. The van der Waals surface area contributed by atoms with E-state index in [1.54, 1.807) is 18.2 Å². The Labute approximate surface area is 102 Å². The number of carbonyl (C=O) groups excluding carboxylic acids is 1. The average Bonchev–Trinajstić information content (AvgIpc) is 2.28. The van der Waals surface area contributed by atoms with Crippen molar-refractivity contribution in [2.24, 2.45) is 0 Å². The van der Waals surface area contributed by atoms with E-state index < -0.39 is 5.97 Å². The largest absolute Gasteiger partial charge is 0.465 e. The van der Waals surface area contributed by atoms with Gasteiger partial charge in [-0.25, -0.2) is 4.79 Å². The lowest BCUT2D eigenvalue weighted by atomic mass is 10.1. The zero-order chi connectivity index (χ0) is 11.7. The SMILES string of the molecule is COC(=O)c1c(Cl)ccc2cc(Cl)cnc12. The van der Waals surface area contributed by atoms with E-state index in [2.05, 4.69) is 9.72 Å². The molecule has 82 valence electrons. The van der Waals surface area contributed by atoms with Crippen molar-refractivity contribution in [3.8, 4) is 0 Å². The number of hydrogen-bond acceptors (Lipinski definition) is 3. The first-order valence-electron chi connectivity index (χ1n) is 4.45. The molecule has 1 aromatic heterocycles. The monoisotopic (exact) mass is 255 g/mol. The number of rotatable bonds is 1. The number of methoxy groups -OCH3 is 1. The Balaban J connectivity index is 2.79. The van der Waals surface area contributed by atoms with Gasteiger partial charge in [-0.05, 0) is 12.1 Å². The van der Waals surface area contributed by atoms with Crippen molar-refractivity contribution in [3.63, 3.8) is 0 Å². The van der Waals surface area contributed by atoms with Gasteiger partial charge in [-0.15, -0.1) is 0 Å². The van der Waals surface area contributed by atoms with Crippen LogP contribution < -0.4 is 0 Å². The predicted octanol–water partition coefficient (Wildman–Crippen LogP) is 3.33. The molecule has 0 radical (unpaired) electrons. The molecule has 0 N–H and O–H groups in total. The summed E-state index contributed by atoms with van der Waals surface area (Å²) in [5.74, 6) is -0.509. The van der Waals surface area contributed by atoms with Crippen LogP contribution in [0.3, 0.4) is 0 Å². The molecule has 0 fully saturated rings. The normalized spacial score (nSPS) is 10.4. The number of ether oxygens (including phenoxy) is 1. The molecule has 0 aliphatic rings. The van der Waals surface area contributed by atoms with Gasteiger partial charge in [-0.2, -0.15) is 0 Å². The van der Waals surface area contributed by atoms with Crippen molar-refractivity contribution < 1.29 is 9.53 Å². The lowest BCUT2D eigenvalue weighted by Crippen LogP contribution is -2.04. The molecule has 0 atom stereocenters. The Hall–Kier alpha value is -1.32. The fourth-order valence-electron chi connectivity index (χ4n) is 1.45. The third-order valence-corrected chi connectivity index (χ3v) is 2.68. The lowest BCUT2D eigenvalue weighted by molar-refractivity contribution is 0.0603. The Morgan fingerprint density at radius 2 is 2.12 bits per heavy atom. The Morgan fingerprint density at radius 1 is 1.38 bits per heavy atom. The zero-order valence-corrected chi connectivity index (χ0v) is 9.84. The minimum absolute atomic E-state index is 0.262. The molecule has 0 saturated carbocycles. The van der Waals surface area contributed by atoms with Crippen LogP contribution in [0.15, 0.2) is 24.4 Å². The second kappa shape index (κ2) is 4.28. The zero-order valence-electron chi connectivity index (χ0n) is 8.33. The molecule has 2 rings (SSSR count). The quantitative estimate of drug-likeness (QED) is 0.734. The van der Waals surface area contributed by atoms with E-state index in [0.29, 0.717) is 15.6 Å². The maximum atomic E-state index is 11.6. The van der Waals surface area contributed by atoms with E-state index >= 15 is 0 Å². The molecule has 0 unspecified atom stereocenters. The van der Waals surface area contributed by atoms with Gasteiger partial charge in [0.2, 0.25) is 0 Å². The average molecular weight is 256 g/mol. The van der Waals surface area contributed by atoms with Crippen LogP contribution in [0.25, 0.3) is 10.9 Å². The molecular formula is C11H7Cl2NO2. The fourth-order valence-corrected chi connectivity index (χ4v) is 1.84. The number of esters is 1. The summed E-state index contributed by atoms with van der Waals surface area (Å²) < 4.78 is 4.66. The molecule has 0 aliphatic heterocycles. The molecule has 1 heterocycles. The molecule has 0 saturated heterocycles. The standard InChI is InChI=1S/C11H7Cl2NO2/c1-16-11(15)9-8(13)3-2-6-4-7(12)5-14-10(6)9/h2-5H,1H3. The first-order valence-corrected chi connectivity index (χ1v) is 5.21. The number of carbonyl (C=O) groups is 1. The van der Waals surface area contributed by atoms with E-state index in [4.69, 9.17) is 23.2 Å². The van der Waals surface area contributed by atoms with Gasteiger partial charge in [0.15, 0.2) is 0 Å². The Kier molecular flexibility index (Phi) is 2.99. The number of hydrogen-bond donors (Lipinski definition) is 0. The third kappa shape index (κ3) is 1.84. The van der Waals surface area contributed by atoms with Gasteiger partial charge in [0.05, 0.1) is 22.7 Å². The van der Waals surface area contributed by atoms with Crippen LogP contribution in [-0.2, 0) is 4.74 Å². The summed E-state index contributed by atoms with van der Waals surface area (Å²) in [5.41, 5.74) is 0.752. The van der Waals surface area contributed by atoms with Gasteiger partial charge in [0, 0.05) is 11.6 Å². The maximum Gasteiger partial charge on any atom is 0.341 e. The summed E-state index contributed by atoms with van der Waals surface area (Å²) in [7, 11) is 1.30. The van der Waals surface area contributed by atoms with Crippen molar-refractivity contribution in [2.75, 3.05) is 7.11 Å². The summed E-state index contributed by atoms with van der Waals surface area (Å²) in [4.78, 5) is 15.6. The van der Waals surface area contributed by atoms with Crippen LogP contribution in [0, 0.1) is 0 Å². The highest BCUT2D eigenvalue weighted by Crippen LogP contribution is 2.26. The summed E-state index contributed by atoms with van der Waals surface area (Å²) in [6, 6.07) is 5.09. The smallest absolute Gasteiger partial charge is 0.341 e. The van der Waals surface area contributed by atoms with Gasteiger partial charge in [0.1, 0.15) is 5.56 Å². The maximum absolute atomic E-state index is 11.6. The van der Waals surface area contributed by atoms with E-state index in [1.165, 1.54) is 13.3 Å². The second-order valence-corrected chi connectivity index (χ2v) is 3.98. The first kappa shape index (κ1) is 11.2. The topological polar surface area (TPSA) is 39.2 Å². The minimum atomic E-state index is -0.509. The fraction of sp³-hybridized carbons (Fsp3) is 0.0909. The summed E-state index contributed by atoms with van der Waals surface area (Å²) in [6.07, 6.45) is 1.46. The molecule has 1 aromatic carbocycles. The predicted molar refractivity (Wildman–Crippen MR) is 63.1 cm³/mol. The molecule has 0 bridgehead atoms. The number of nitrogens with zero attached hydrogens (tertiary/aromatic N) is 1. The van der Waals surface area contributed by atoms with E-state index in [1.807, 2.05) is 0 Å². The van der Waals surface area contributed by atoms with Gasteiger partial charge in [-0.1, -0.05) is 29.3 Å². The summed E-state index contributed by atoms with van der Waals surface area (Å²) in [5, 5.41) is 1.57. The molecule has 16 heavy (non-hydrogen) atoms. The molecule has 5 heteroatoms. The van der Waals surface area contributed by atoms with Gasteiger partial charge < -0.3 is 4.74 Å². The number of pyridine rings is 1. The van der Waals surface area contributed by atoms with Crippen molar-refractivity contribution >= 4 is 40.1 Å². The molecule has 0 amide bonds. The number of fused-ring (bicyclic) bond motifs is 1. The van der Waals surface area contributed by atoms with Crippen LogP contribution >= 0.6 is 23.2 Å². The minimum Gasteiger partial charge on any atom is -0.465 e. The molecular weight excluding hydrogens is 249 g/mol. The van der Waals surface area contributed by atoms with Crippen molar-refractivity contribution in [1.29, 1.82) is 0 Å². The highest BCUT2D eigenvalue weighted by atomic mass is 35.5. The van der Waals surface area contributed by atoms with E-state index in [-0.39, 0.29) is 5.56 Å². The van der Waals surface area contributed by atoms with Crippen LogP contribution in [0.4, 0.5) is 0 Å². The van der Waals surface area contributed by atoms with Crippen LogP contribution in [0.2, 0.25) is 10.0 Å². The van der Waals surface area contributed by atoms with Crippen LogP contribution in [0.5, 0.6) is 0 Å². The number of benzene rings is 1. The second-order valence-electron chi connectivity index (χ2n) is 3.14. The lowest BCUT2D eigenvalue weighted by Gasteiger charge is -2.06. The first-order chi connectivity index (χ1) is 7.63. The molecule has 3 nitrogen and oxygen atoms in total. The highest BCUT2D eigenvalue weighted by molar-refractivity contribution is 6.35. The number of aromatic nitrogens is 1. The Bertz CT molecular complexity index is 569. The van der Waals surface area contributed by atoms with Crippen LogP contribution in [-0.4, -0.2) is 18.1 Å². The van der Waals surface area contributed by atoms with E-state index in [9.17, 15) is 4.79 Å². The van der Waals surface area contributed by atoms with Gasteiger partial charge in [0.25, 0.3) is 0 Å². The van der Waals surface area contributed by atoms with Gasteiger partial charge >= 0.3 is 5.97 Å². The summed E-state index contributed by atoms with van der Waals surface area (Å²) >= 11 is 11.8. The molecule has 2 aromatic rings. The van der Waals surface area contributed by atoms with E-state index in [0.717, 1.165) is 5.39 Å². The van der Waals surface area contributed by atoms with Gasteiger partial charge in [-0.3, -0.25) is 4.98 Å². The van der Waals surface area contributed by atoms with Crippen molar-refractivity contribution in [3.05, 3.63) is 40.0 Å².